The number of halogens is 1. The van der Waals surface area contributed by atoms with E-state index in [1.54, 1.807) is 42.2 Å². The summed E-state index contributed by atoms with van der Waals surface area (Å²) in [5.41, 5.74) is 1.29. The molecule has 0 bridgehead atoms. The lowest BCUT2D eigenvalue weighted by Gasteiger charge is -2.30. The predicted octanol–water partition coefficient (Wildman–Crippen LogP) is 4.09. The van der Waals surface area contributed by atoms with Crippen molar-refractivity contribution in [2.75, 3.05) is 23.9 Å². The number of hydrogen-bond donors (Lipinski definition) is 1. The smallest absolute Gasteiger partial charge is 0.242 e. The fraction of sp³-hybridized carbons (Fsp3) is 0.481. The molecular weight excluding hydrogens is 530 g/mol. The second-order valence-corrected chi connectivity index (χ2v) is 12.1. The fourth-order valence-electron chi connectivity index (χ4n) is 4.81. The van der Waals surface area contributed by atoms with E-state index in [1.807, 2.05) is 12.1 Å². The van der Waals surface area contributed by atoms with E-state index >= 15 is 0 Å². The van der Waals surface area contributed by atoms with Crippen LogP contribution in [0.3, 0.4) is 0 Å². The molecule has 11 heteroatoms. The Balaban J connectivity index is 1.44. The van der Waals surface area contributed by atoms with Crippen molar-refractivity contribution < 1.29 is 27.5 Å². The number of anilines is 1. The number of ether oxygens (including phenoxy) is 2. The number of hydrogen-bond acceptors (Lipinski definition) is 6. The van der Waals surface area contributed by atoms with Gasteiger partial charge in [0.25, 0.3) is 0 Å². The summed E-state index contributed by atoms with van der Waals surface area (Å²) in [6.45, 7) is 2.16. The van der Waals surface area contributed by atoms with Crippen LogP contribution in [-0.2, 0) is 26.2 Å². The largest absolute Gasteiger partial charge is 0.454 e. The van der Waals surface area contributed by atoms with Gasteiger partial charge in [0.1, 0.15) is 6.04 Å². The Kier molecular flexibility index (Phi) is 9.04. The van der Waals surface area contributed by atoms with Crippen LogP contribution in [0.1, 0.15) is 51.0 Å². The lowest BCUT2D eigenvalue weighted by molar-refractivity contribution is -0.141. The zero-order valence-electron chi connectivity index (χ0n) is 21.7. The summed E-state index contributed by atoms with van der Waals surface area (Å²) in [4.78, 5) is 28.0. The number of nitrogens with one attached hydrogen (secondary N) is 1. The molecule has 9 nitrogen and oxygen atoms in total. The van der Waals surface area contributed by atoms with E-state index < -0.39 is 16.1 Å². The Labute approximate surface area is 229 Å². The molecule has 1 fully saturated rings. The quantitative estimate of drug-likeness (QED) is 0.441. The molecule has 0 spiro atoms. The van der Waals surface area contributed by atoms with Crippen LogP contribution < -0.4 is 19.1 Å². The summed E-state index contributed by atoms with van der Waals surface area (Å²) >= 11 is 6.02. The second kappa shape index (κ2) is 12.3. The van der Waals surface area contributed by atoms with E-state index in [9.17, 15) is 18.0 Å². The molecule has 4 rings (SSSR count). The Bertz CT molecular complexity index is 1250. The monoisotopic (exact) mass is 563 g/mol. The third-order valence-electron chi connectivity index (χ3n) is 6.93. The first-order valence-electron chi connectivity index (χ1n) is 12.8. The number of carbonyl (C=O) groups excluding carboxylic acids is 2. The molecule has 2 aromatic rings. The van der Waals surface area contributed by atoms with Gasteiger partial charge in [0.05, 0.1) is 11.9 Å². The van der Waals surface area contributed by atoms with Gasteiger partial charge >= 0.3 is 0 Å². The molecular formula is C27H34ClN3O6S. The molecule has 1 N–H and O–H groups in total. The van der Waals surface area contributed by atoms with E-state index in [-0.39, 0.29) is 50.6 Å². The highest BCUT2D eigenvalue weighted by molar-refractivity contribution is 7.92. The van der Waals surface area contributed by atoms with Gasteiger partial charge in [0.15, 0.2) is 11.5 Å². The molecule has 2 aliphatic rings. The minimum absolute atomic E-state index is 0.0746. The zero-order chi connectivity index (χ0) is 27.3. The molecule has 2 amide bonds. The number of sulfonamides is 1. The van der Waals surface area contributed by atoms with E-state index in [1.165, 1.54) is 4.31 Å². The third kappa shape index (κ3) is 7.11. The van der Waals surface area contributed by atoms with Gasteiger partial charge in [0, 0.05) is 36.6 Å². The first kappa shape index (κ1) is 28.0. The highest BCUT2D eigenvalue weighted by Gasteiger charge is 2.29. The number of nitrogens with zero attached hydrogens (tertiary/aromatic N) is 2. The van der Waals surface area contributed by atoms with E-state index in [4.69, 9.17) is 21.1 Å². The molecule has 1 heterocycles. The minimum Gasteiger partial charge on any atom is -0.454 e. The van der Waals surface area contributed by atoms with Crippen LogP contribution in [0.25, 0.3) is 0 Å². The summed E-state index contributed by atoms with van der Waals surface area (Å²) < 4.78 is 37.1. The predicted molar refractivity (Wildman–Crippen MR) is 146 cm³/mol. The SMILES string of the molecule is CC(C(=O)NC1CCCC1)N(Cc1ccc(Cl)cc1)C(=O)CCCN(c1ccc2c(c1)OCO2)S(C)(=O)=O. The van der Waals surface area contributed by atoms with Crippen molar-refractivity contribution in [1.29, 1.82) is 0 Å². The zero-order valence-corrected chi connectivity index (χ0v) is 23.3. The number of rotatable bonds is 11. The van der Waals surface area contributed by atoms with Crippen LogP contribution in [-0.4, -0.2) is 56.8 Å². The van der Waals surface area contributed by atoms with Crippen LogP contribution in [0.4, 0.5) is 5.69 Å². The van der Waals surface area contributed by atoms with Crippen LogP contribution in [0.5, 0.6) is 11.5 Å². The number of benzene rings is 2. The molecule has 1 aliphatic carbocycles. The average Bonchev–Trinajstić information content (AvgIpc) is 3.56. The van der Waals surface area contributed by atoms with Gasteiger partial charge in [-0.3, -0.25) is 13.9 Å². The van der Waals surface area contributed by atoms with Gasteiger partial charge in [-0.05, 0) is 56.0 Å². The highest BCUT2D eigenvalue weighted by atomic mass is 35.5. The summed E-state index contributed by atoms with van der Waals surface area (Å²) in [5, 5.41) is 3.67. The molecule has 0 aromatic heterocycles. The molecule has 38 heavy (non-hydrogen) atoms. The van der Waals surface area contributed by atoms with Gasteiger partial charge in [-0.15, -0.1) is 0 Å². The maximum Gasteiger partial charge on any atom is 0.242 e. The van der Waals surface area contributed by atoms with Gasteiger partial charge in [-0.2, -0.15) is 0 Å². The van der Waals surface area contributed by atoms with E-state index in [0.29, 0.717) is 22.2 Å². The lowest BCUT2D eigenvalue weighted by atomic mass is 10.1. The normalized spacial score (nSPS) is 15.8. The maximum atomic E-state index is 13.4. The van der Waals surface area contributed by atoms with Crippen molar-refractivity contribution in [2.45, 2.75) is 64.1 Å². The van der Waals surface area contributed by atoms with Gasteiger partial charge in [-0.25, -0.2) is 8.42 Å². The third-order valence-corrected chi connectivity index (χ3v) is 8.38. The average molecular weight is 564 g/mol. The molecule has 2 aromatic carbocycles. The Hall–Kier alpha value is -2.98. The molecule has 1 unspecified atom stereocenters. The van der Waals surface area contributed by atoms with Crippen molar-refractivity contribution >= 4 is 39.1 Å². The van der Waals surface area contributed by atoms with Crippen LogP contribution in [0.15, 0.2) is 42.5 Å². The Morgan fingerprint density at radius 2 is 1.76 bits per heavy atom. The molecule has 0 radical (unpaired) electrons. The minimum atomic E-state index is -3.61. The maximum absolute atomic E-state index is 13.4. The van der Waals surface area contributed by atoms with Crippen LogP contribution in [0, 0.1) is 0 Å². The van der Waals surface area contributed by atoms with Gasteiger partial charge < -0.3 is 19.7 Å². The first-order valence-corrected chi connectivity index (χ1v) is 15.1. The van der Waals surface area contributed by atoms with Crippen LogP contribution >= 0.6 is 11.6 Å². The van der Waals surface area contributed by atoms with E-state index in [0.717, 1.165) is 37.5 Å². The van der Waals surface area contributed by atoms with Crippen molar-refractivity contribution in [3.05, 3.63) is 53.1 Å². The van der Waals surface area contributed by atoms with E-state index in [2.05, 4.69) is 5.32 Å². The summed E-state index contributed by atoms with van der Waals surface area (Å²) in [6, 6.07) is 11.5. The number of fused-ring (bicyclic) bond motifs is 1. The summed E-state index contributed by atoms with van der Waals surface area (Å²) in [5.74, 6) is 0.619. The van der Waals surface area contributed by atoms with Crippen molar-refractivity contribution in [1.82, 2.24) is 10.2 Å². The van der Waals surface area contributed by atoms with Gasteiger partial charge in [-0.1, -0.05) is 36.6 Å². The Morgan fingerprint density at radius 3 is 2.45 bits per heavy atom. The van der Waals surface area contributed by atoms with Crippen molar-refractivity contribution in [3.63, 3.8) is 0 Å². The topological polar surface area (TPSA) is 105 Å². The van der Waals surface area contributed by atoms with Crippen molar-refractivity contribution in [3.8, 4) is 11.5 Å². The summed E-state index contributed by atoms with van der Waals surface area (Å²) in [7, 11) is -3.61. The highest BCUT2D eigenvalue weighted by Crippen LogP contribution is 2.36. The summed E-state index contributed by atoms with van der Waals surface area (Å²) in [6.07, 6.45) is 5.55. The van der Waals surface area contributed by atoms with Crippen molar-refractivity contribution in [2.24, 2.45) is 0 Å². The number of amides is 2. The molecule has 0 saturated heterocycles. The second-order valence-electron chi connectivity index (χ2n) is 9.79. The lowest BCUT2D eigenvalue weighted by Crippen LogP contribution is -2.49. The number of carbonyl (C=O) groups is 2. The van der Waals surface area contributed by atoms with Gasteiger partial charge in [0.2, 0.25) is 28.6 Å². The molecule has 1 atom stereocenters. The molecule has 1 aliphatic heterocycles. The molecule has 206 valence electrons. The van der Waals surface area contributed by atoms with Crippen LogP contribution in [0.2, 0.25) is 5.02 Å². The fourth-order valence-corrected chi connectivity index (χ4v) is 5.89. The Morgan fingerprint density at radius 1 is 1.08 bits per heavy atom. The standard InChI is InChI=1S/C27H34ClN3O6S/c1-19(27(33)29-22-6-3-4-7-22)30(17-20-9-11-21(28)12-10-20)26(32)8-5-15-31(38(2,34)35)23-13-14-24-25(16-23)37-18-36-24/h9-14,16,19,22H,3-8,15,17-18H2,1-2H3,(H,29,33). The molecule has 1 saturated carbocycles. The first-order chi connectivity index (χ1) is 18.1.